The van der Waals surface area contributed by atoms with Crippen molar-refractivity contribution in [3.63, 3.8) is 0 Å². The highest BCUT2D eigenvalue weighted by Crippen LogP contribution is 2.36. The average Bonchev–Trinajstić information content (AvgIpc) is 3.18. The molecule has 3 rings (SSSR count). The van der Waals surface area contributed by atoms with Crippen LogP contribution in [0.15, 0.2) is 22.8 Å². The Morgan fingerprint density at radius 1 is 1.27 bits per heavy atom. The molecule has 0 saturated carbocycles. The van der Waals surface area contributed by atoms with Crippen LogP contribution in [0.2, 0.25) is 0 Å². The van der Waals surface area contributed by atoms with Crippen molar-refractivity contribution in [1.82, 2.24) is 8.61 Å². The number of piperidine rings is 1. The molecule has 1 aromatic heterocycles. The van der Waals surface area contributed by atoms with Crippen molar-refractivity contribution in [3.05, 3.63) is 24.2 Å². The molecule has 0 aliphatic carbocycles. The van der Waals surface area contributed by atoms with Gasteiger partial charge in [-0.25, -0.2) is 0 Å². The molecule has 0 unspecified atom stereocenters. The van der Waals surface area contributed by atoms with Gasteiger partial charge in [0, 0.05) is 19.6 Å². The van der Waals surface area contributed by atoms with E-state index in [1.165, 1.54) is 8.61 Å². The van der Waals surface area contributed by atoms with Gasteiger partial charge in [0.15, 0.2) is 0 Å². The summed E-state index contributed by atoms with van der Waals surface area (Å²) in [5.74, 6) is -0.151. The minimum absolute atomic E-state index is 0.180. The SMILES string of the molecule is NC(=O)[C@@H]1CCCN(S(=O)(=O)N2CCC[C@@H]2c2ccco2)C1. The zero-order chi connectivity index (χ0) is 15.7. The zero-order valence-electron chi connectivity index (χ0n) is 12.3. The first-order chi connectivity index (χ1) is 10.5. The lowest BCUT2D eigenvalue weighted by Crippen LogP contribution is -2.49. The van der Waals surface area contributed by atoms with Crippen LogP contribution in [0.5, 0.6) is 0 Å². The summed E-state index contributed by atoms with van der Waals surface area (Å²) in [7, 11) is -3.60. The second kappa shape index (κ2) is 6.02. The van der Waals surface area contributed by atoms with Gasteiger partial charge in [0.05, 0.1) is 18.2 Å². The first kappa shape index (κ1) is 15.5. The summed E-state index contributed by atoms with van der Waals surface area (Å²) >= 11 is 0. The molecule has 2 N–H and O–H groups in total. The third-order valence-corrected chi connectivity index (χ3v) is 6.50. The van der Waals surface area contributed by atoms with Crippen molar-refractivity contribution in [2.45, 2.75) is 31.7 Å². The van der Waals surface area contributed by atoms with Crippen LogP contribution in [0.25, 0.3) is 0 Å². The van der Waals surface area contributed by atoms with Crippen molar-refractivity contribution in [2.75, 3.05) is 19.6 Å². The third-order valence-electron chi connectivity index (χ3n) is 4.48. The normalized spacial score (nSPS) is 28.0. The number of furan rings is 1. The molecule has 2 fully saturated rings. The Balaban J connectivity index is 1.81. The Kier molecular flexibility index (Phi) is 4.24. The molecular weight excluding hydrogens is 306 g/mol. The maximum atomic E-state index is 12.9. The number of nitrogens with zero attached hydrogens (tertiary/aromatic N) is 2. The fourth-order valence-corrected chi connectivity index (χ4v) is 5.23. The second-order valence-electron chi connectivity index (χ2n) is 5.89. The van der Waals surface area contributed by atoms with E-state index in [9.17, 15) is 13.2 Å². The number of primary amides is 1. The van der Waals surface area contributed by atoms with Gasteiger partial charge in [-0.2, -0.15) is 17.0 Å². The number of nitrogens with two attached hydrogens (primary N) is 1. The lowest BCUT2D eigenvalue weighted by atomic mass is 9.99. The van der Waals surface area contributed by atoms with Crippen LogP contribution in [0.1, 0.15) is 37.5 Å². The molecule has 1 amide bonds. The van der Waals surface area contributed by atoms with Crippen molar-refractivity contribution in [3.8, 4) is 0 Å². The molecule has 2 atom stereocenters. The Hall–Kier alpha value is -1.38. The van der Waals surface area contributed by atoms with Crippen molar-refractivity contribution >= 4 is 16.1 Å². The molecule has 122 valence electrons. The molecular formula is C14H21N3O4S. The second-order valence-corrected chi connectivity index (χ2v) is 7.77. The van der Waals surface area contributed by atoms with Crippen LogP contribution in [-0.2, 0) is 15.0 Å². The Morgan fingerprint density at radius 3 is 2.73 bits per heavy atom. The number of amides is 1. The highest BCUT2D eigenvalue weighted by Gasteiger charge is 2.42. The van der Waals surface area contributed by atoms with Gasteiger partial charge in [-0.05, 0) is 37.8 Å². The maximum absolute atomic E-state index is 12.9. The fraction of sp³-hybridized carbons (Fsp3) is 0.643. The van der Waals surface area contributed by atoms with E-state index in [1.807, 2.05) is 0 Å². The quantitative estimate of drug-likeness (QED) is 0.887. The van der Waals surface area contributed by atoms with Crippen LogP contribution in [-0.4, -0.2) is 42.6 Å². The van der Waals surface area contributed by atoms with Crippen LogP contribution in [0.4, 0.5) is 0 Å². The van der Waals surface area contributed by atoms with E-state index in [1.54, 1.807) is 18.4 Å². The fourth-order valence-electron chi connectivity index (χ4n) is 3.31. The standard InChI is InChI=1S/C14H21N3O4S/c15-14(18)11-4-1-7-16(10-11)22(19,20)17-8-2-5-12(17)13-6-3-9-21-13/h3,6,9,11-12H,1-2,4-5,7-8,10H2,(H2,15,18)/t11-,12-/m1/s1. The average molecular weight is 327 g/mol. The van der Waals surface area contributed by atoms with Crippen molar-refractivity contribution in [1.29, 1.82) is 0 Å². The molecule has 0 radical (unpaired) electrons. The van der Waals surface area contributed by atoms with E-state index in [0.717, 1.165) is 12.8 Å². The third kappa shape index (κ3) is 2.78. The van der Waals surface area contributed by atoms with E-state index in [4.69, 9.17) is 10.2 Å². The molecule has 2 saturated heterocycles. The molecule has 0 bridgehead atoms. The molecule has 0 spiro atoms. The first-order valence-corrected chi connectivity index (χ1v) is 8.99. The van der Waals surface area contributed by atoms with Crippen LogP contribution in [0, 0.1) is 5.92 Å². The maximum Gasteiger partial charge on any atom is 0.282 e. The first-order valence-electron chi connectivity index (χ1n) is 7.60. The van der Waals surface area contributed by atoms with Crippen LogP contribution in [0.3, 0.4) is 0 Å². The minimum atomic E-state index is -3.60. The summed E-state index contributed by atoms with van der Waals surface area (Å²) in [5.41, 5.74) is 5.34. The van der Waals surface area contributed by atoms with E-state index >= 15 is 0 Å². The molecule has 2 aliphatic heterocycles. The zero-order valence-corrected chi connectivity index (χ0v) is 13.2. The molecule has 8 heteroatoms. The van der Waals surface area contributed by atoms with E-state index in [0.29, 0.717) is 31.7 Å². The summed E-state index contributed by atoms with van der Waals surface area (Å²) in [6.45, 7) is 1.10. The van der Waals surface area contributed by atoms with E-state index < -0.39 is 22.0 Å². The van der Waals surface area contributed by atoms with Gasteiger partial charge in [-0.1, -0.05) is 0 Å². The van der Waals surface area contributed by atoms with E-state index in [-0.39, 0.29) is 12.6 Å². The van der Waals surface area contributed by atoms with Crippen LogP contribution < -0.4 is 5.73 Å². The Morgan fingerprint density at radius 2 is 2.05 bits per heavy atom. The molecule has 22 heavy (non-hydrogen) atoms. The molecule has 7 nitrogen and oxygen atoms in total. The van der Waals surface area contributed by atoms with Crippen molar-refractivity contribution < 1.29 is 17.6 Å². The number of hydrogen-bond donors (Lipinski definition) is 1. The highest BCUT2D eigenvalue weighted by molar-refractivity contribution is 7.86. The molecule has 3 heterocycles. The number of carbonyl (C=O) groups excluding carboxylic acids is 1. The summed E-state index contributed by atoms with van der Waals surface area (Å²) in [4.78, 5) is 11.4. The molecule has 2 aliphatic rings. The summed E-state index contributed by atoms with van der Waals surface area (Å²) in [6.07, 6.45) is 4.43. The van der Waals surface area contributed by atoms with Gasteiger partial charge in [0.1, 0.15) is 5.76 Å². The van der Waals surface area contributed by atoms with Gasteiger partial charge < -0.3 is 10.2 Å². The topological polar surface area (TPSA) is 96.8 Å². The highest BCUT2D eigenvalue weighted by atomic mass is 32.2. The Bertz CT molecular complexity index is 629. The van der Waals surface area contributed by atoms with Crippen LogP contribution >= 0.6 is 0 Å². The monoisotopic (exact) mass is 327 g/mol. The molecule has 1 aromatic rings. The minimum Gasteiger partial charge on any atom is -0.468 e. The van der Waals surface area contributed by atoms with E-state index in [2.05, 4.69) is 0 Å². The van der Waals surface area contributed by atoms with Crippen molar-refractivity contribution in [2.24, 2.45) is 11.7 Å². The van der Waals surface area contributed by atoms with Gasteiger partial charge in [0.25, 0.3) is 10.2 Å². The Labute approximate surface area is 130 Å². The van der Waals surface area contributed by atoms with Gasteiger partial charge in [-0.3, -0.25) is 4.79 Å². The number of carbonyl (C=O) groups is 1. The summed E-state index contributed by atoms with van der Waals surface area (Å²) in [6, 6.07) is 3.32. The lowest BCUT2D eigenvalue weighted by molar-refractivity contribution is -0.122. The lowest BCUT2D eigenvalue weighted by Gasteiger charge is -2.34. The van der Waals surface area contributed by atoms with Gasteiger partial charge >= 0.3 is 0 Å². The predicted octanol–water partition coefficient (Wildman–Crippen LogP) is 0.859. The largest absolute Gasteiger partial charge is 0.468 e. The molecule has 0 aromatic carbocycles. The van der Waals surface area contributed by atoms with Gasteiger partial charge in [-0.15, -0.1) is 0 Å². The predicted molar refractivity (Wildman–Crippen MR) is 79.8 cm³/mol. The summed E-state index contributed by atoms with van der Waals surface area (Å²) in [5, 5.41) is 0. The van der Waals surface area contributed by atoms with Gasteiger partial charge in [0.2, 0.25) is 5.91 Å². The number of rotatable bonds is 4. The summed E-state index contributed by atoms with van der Waals surface area (Å²) < 4.78 is 34.1. The number of hydrogen-bond acceptors (Lipinski definition) is 4. The smallest absolute Gasteiger partial charge is 0.282 e.